The van der Waals surface area contributed by atoms with Gasteiger partial charge in [0.1, 0.15) is 5.75 Å². The van der Waals surface area contributed by atoms with Gasteiger partial charge in [-0.15, -0.1) is 0 Å². The summed E-state index contributed by atoms with van der Waals surface area (Å²) in [6, 6.07) is 9.25. The first-order valence-electron chi connectivity index (χ1n) is 7.35. The van der Waals surface area contributed by atoms with E-state index in [1.807, 2.05) is 42.1 Å². The van der Waals surface area contributed by atoms with Gasteiger partial charge in [0.25, 0.3) is 0 Å². The van der Waals surface area contributed by atoms with E-state index in [0.717, 1.165) is 31.8 Å². The second-order valence-electron chi connectivity index (χ2n) is 5.40. The summed E-state index contributed by atoms with van der Waals surface area (Å²) in [7, 11) is 0. The van der Waals surface area contributed by atoms with Crippen LogP contribution in [0.15, 0.2) is 30.3 Å². The molecule has 1 aliphatic rings. The predicted octanol–water partition coefficient (Wildman–Crippen LogP) is 2.74. The third-order valence-corrected chi connectivity index (χ3v) is 4.63. The van der Waals surface area contributed by atoms with E-state index in [1.54, 1.807) is 0 Å². The number of hydrogen-bond donors (Lipinski definition) is 1. The highest BCUT2D eigenvalue weighted by molar-refractivity contribution is 7.98. The van der Waals surface area contributed by atoms with Gasteiger partial charge in [0.2, 0.25) is 5.60 Å². The number of carbonyl (C=O) groups is 1. The van der Waals surface area contributed by atoms with E-state index in [-0.39, 0.29) is 0 Å². The lowest BCUT2D eigenvalue weighted by Crippen LogP contribution is -2.53. The van der Waals surface area contributed by atoms with Crippen molar-refractivity contribution in [1.29, 1.82) is 0 Å². The number of para-hydroxylation sites is 1. The maximum Gasteiger partial charge on any atom is 0.348 e. The largest absolute Gasteiger partial charge is 0.478 e. The monoisotopic (exact) mass is 309 g/mol. The molecule has 1 heterocycles. The number of hydrogen-bond acceptors (Lipinski definition) is 4. The molecule has 0 bridgehead atoms. The molecule has 1 aromatic carbocycles. The lowest BCUT2D eigenvalue weighted by molar-refractivity contribution is -0.159. The molecule has 1 aliphatic heterocycles. The molecule has 1 saturated heterocycles. The minimum atomic E-state index is -1.07. The second-order valence-corrected chi connectivity index (χ2v) is 6.39. The lowest BCUT2D eigenvalue weighted by atomic mass is 9.91. The van der Waals surface area contributed by atoms with E-state index < -0.39 is 11.6 Å². The molecular formula is C16H23NO3S. The van der Waals surface area contributed by atoms with Crippen LogP contribution in [0.4, 0.5) is 0 Å². The maximum absolute atomic E-state index is 11.7. The Morgan fingerprint density at radius 2 is 2.00 bits per heavy atom. The highest BCUT2D eigenvalue weighted by atomic mass is 32.2. The zero-order valence-electron chi connectivity index (χ0n) is 12.5. The van der Waals surface area contributed by atoms with E-state index in [9.17, 15) is 9.90 Å². The van der Waals surface area contributed by atoms with E-state index in [1.165, 1.54) is 0 Å². The van der Waals surface area contributed by atoms with E-state index >= 15 is 0 Å². The molecule has 2 rings (SSSR count). The van der Waals surface area contributed by atoms with Crippen molar-refractivity contribution >= 4 is 17.7 Å². The Balaban J connectivity index is 1.94. The van der Waals surface area contributed by atoms with Crippen molar-refractivity contribution in [2.75, 3.05) is 31.6 Å². The van der Waals surface area contributed by atoms with Crippen LogP contribution in [-0.2, 0) is 4.79 Å². The summed E-state index contributed by atoms with van der Waals surface area (Å²) in [5, 5.41) is 9.60. The summed E-state index contributed by atoms with van der Waals surface area (Å²) >= 11 is 1.85. The molecule has 0 saturated carbocycles. The Hall–Kier alpha value is -1.20. The van der Waals surface area contributed by atoms with Gasteiger partial charge in [-0.2, -0.15) is 11.8 Å². The van der Waals surface area contributed by atoms with Crippen molar-refractivity contribution in [3.63, 3.8) is 0 Å². The normalized spacial score (nSPS) is 18.3. The Morgan fingerprint density at radius 1 is 1.33 bits per heavy atom. The van der Waals surface area contributed by atoms with Crippen LogP contribution in [-0.4, -0.2) is 53.2 Å². The summed E-state index contributed by atoms with van der Waals surface area (Å²) in [4.78, 5) is 14.0. The standard InChI is InChI=1S/C16H23NO3S/c1-21-13-5-10-17-11-8-16(9-12-17,15(18)19)20-14-6-3-2-4-7-14/h2-4,6-7H,5,8-13H2,1H3,(H,18,19). The molecule has 1 N–H and O–H groups in total. The van der Waals surface area contributed by atoms with Gasteiger partial charge in [0, 0.05) is 25.9 Å². The lowest BCUT2D eigenvalue weighted by Gasteiger charge is -2.38. The smallest absolute Gasteiger partial charge is 0.348 e. The molecule has 0 radical (unpaired) electrons. The first-order valence-corrected chi connectivity index (χ1v) is 8.74. The molecule has 1 aromatic rings. The number of piperidine rings is 1. The van der Waals surface area contributed by atoms with Crippen molar-refractivity contribution < 1.29 is 14.6 Å². The van der Waals surface area contributed by atoms with Crippen LogP contribution in [0.25, 0.3) is 0 Å². The van der Waals surface area contributed by atoms with E-state index in [0.29, 0.717) is 18.6 Å². The molecule has 0 atom stereocenters. The summed E-state index contributed by atoms with van der Waals surface area (Å²) in [6.45, 7) is 2.61. The van der Waals surface area contributed by atoms with Crippen molar-refractivity contribution in [1.82, 2.24) is 4.90 Å². The quantitative estimate of drug-likeness (QED) is 0.785. The average molecular weight is 309 g/mol. The molecular weight excluding hydrogens is 286 g/mol. The number of carboxylic acids is 1. The van der Waals surface area contributed by atoms with E-state index in [2.05, 4.69) is 11.2 Å². The average Bonchev–Trinajstić information content (AvgIpc) is 2.50. The minimum Gasteiger partial charge on any atom is -0.478 e. The summed E-state index contributed by atoms with van der Waals surface area (Å²) in [6.07, 6.45) is 4.34. The highest BCUT2D eigenvalue weighted by Gasteiger charge is 2.43. The number of benzene rings is 1. The Labute approximate surface area is 130 Å². The van der Waals surface area contributed by atoms with Crippen molar-refractivity contribution in [2.24, 2.45) is 0 Å². The number of nitrogens with zero attached hydrogens (tertiary/aromatic N) is 1. The van der Waals surface area contributed by atoms with Crippen LogP contribution in [0, 0.1) is 0 Å². The molecule has 0 aliphatic carbocycles. The maximum atomic E-state index is 11.7. The van der Waals surface area contributed by atoms with E-state index in [4.69, 9.17) is 4.74 Å². The SMILES string of the molecule is CSCCCN1CCC(Oc2ccccc2)(C(=O)O)CC1. The molecule has 0 aromatic heterocycles. The number of rotatable bonds is 7. The van der Waals surface area contributed by atoms with Crippen LogP contribution >= 0.6 is 11.8 Å². The van der Waals surface area contributed by atoms with Crippen LogP contribution in [0.1, 0.15) is 19.3 Å². The molecule has 0 spiro atoms. The molecule has 116 valence electrons. The first-order chi connectivity index (χ1) is 10.2. The second kappa shape index (κ2) is 7.71. The number of likely N-dealkylation sites (tertiary alicyclic amines) is 1. The van der Waals surface area contributed by atoms with Gasteiger partial charge < -0.3 is 14.7 Å². The molecule has 21 heavy (non-hydrogen) atoms. The van der Waals surface area contributed by atoms with Crippen LogP contribution in [0.5, 0.6) is 5.75 Å². The van der Waals surface area contributed by atoms with Gasteiger partial charge >= 0.3 is 5.97 Å². The van der Waals surface area contributed by atoms with Gasteiger partial charge in [-0.1, -0.05) is 18.2 Å². The molecule has 5 heteroatoms. The summed E-state index contributed by atoms with van der Waals surface area (Å²) < 4.78 is 5.85. The van der Waals surface area contributed by atoms with Crippen molar-refractivity contribution in [2.45, 2.75) is 24.9 Å². The van der Waals surface area contributed by atoms with Gasteiger partial charge in [-0.05, 0) is 37.1 Å². The Bertz CT molecular complexity index is 444. The molecule has 0 unspecified atom stereocenters. The zero-order valence-corrected chi connectivity index (χ0v) is 13.3. The minimum absolute atomic E-state index is 0.538. The summed E-state index contributed by atoms with van der Waals surface area (Å²) in [5.41, 5.74) is -1.07. The van der Waals surface area contributed by atoms with Gasteiger partial charge in [-0.3, -0.25) is 0 Å². The molecule has 1 fully saturated rings. The fraction of sp³-hybridized carbons (Fsp3) is 0.562. The van der Waals surface area contributed by atoms with Crippen molar-refractivity contribution in [3.05, 3.63) is 30.3 Å². The van der Waals surface area contributed by atoms with Crippen molar-refractivity contribution in [3.8, 4) is 5.75 Å². The predicted molar refractivity (Wildman–Crippen MR) is 86.1 cm³/mol. The van der Waals surface area contributed by atoms with Gasteiger partial charge in [0.05, 0.1) is 0 Å². The van der Waals surface area contributed by atoms with Gasteiger partial charge in [0.15, 0.2) is 0 Å². The molecule has 4 nitrogen and oxygen atoms in total. The summed E-state index contributed by atoms with van der Waals surface area (Å²) in [5.74, 6) is 0.937. The highest BCUT2D eigenvalue weighted by Crippen LogP contribution is 2.29. The fourth-order valence-corrected chi connectivity index (χ4v) is 3.06. The van der Waals surface area contributed by atoms with Gasteiger partial charge in [-0.25, -0.2) is 4.79 Å². The number of thioether (sulfide) groups is 1. The first kappa shape index (κ1) is 16.2. The number of carboxylic acid groups (broad SMARTS) is 1. The third-order valence-electron chi connectivity index (χ3n) is 3.93. The third kappa shape index (κ3) is 4.38. The topological polar surface area (TPSA) is 49.8 Å². The molecule has 0 amide bonds. The zero-order chi connectivity index (χ0) is 15.1. The van der Waals surface area contributed by atoms with Crippen LogP contribution in [0.3, 0.4) is 0 Å². The fourth-order valence-electron chi connectivity index (χ4n) is 2.64. The Kier molecular flexibility index (Phi) is 5.94. The van der Waals surface area contributed by atoms with Crippen LogP contribution < -0.4 is 4.74 Å². The van der Waals surface area contributed by atoms with Crippen LogP contribution in [0.2, 0.25) is 0 Å². The Morgan fingerprint density at radius 3 is 2.57 bits per heavy atom. The number of ether oxygens (including phenoxy) is 1. The number of aliphatic carboxylic acids is 1.